The van der Waals surface area contributed by atoms with E-state index >= 15 is 0 Å². The number of nitrogens with one attached hydrogen (secondary N) is 1. The molecule has 1 saturated heterocycles. The average Bonchev–Trinajstić information content (AvgIpc) is 3.67. The van der Waals surface area contributed by atoms with Crippen molar-refractivity contribution in [3.8, 4) is 22.8 Å². The molecule has 1 N–H and O–H groups in total. The number of unbranched alkanes of at least 4 members (excludes halogenated alkanes) is 3. The predicted molar refractivity (Wildman–Crippen MR) is 169 cm³/mol. The largest absolute Gasteiger partial charge is 0.358 e. The van der Waals surface area contributed by atoms with Crippen LogP contribution < -0.4 is 10.2 Å². The Morgan fingerprint density at radius 3 is 2.33 bits per heavy atom. The molecule has 236 valence electrons. The molecule has 7 rings (SSSR count). The summed E-state index contributed by atoms with van der Waals surface area (Å²) >= 11 is 0. The number of benzene rings is 1. The van der Waals surface area contributed by atoms with Gasteiger partial charge in [-0.1, -0.05) is 25.0 Å². The molecule has 0 spiro atoms. The summed E-state index contributed by atoms with van der Waals surface area (Å²) in [7, 11) is 0. The van der Waals surface area contributed by atoms with Crippen LogP contribution in [-0.2, 0) is 9.53 Å². The molecule has 3 aliphatic rings. The zero-order valence-corrected chi connectivity index (χ0v) is 25.7. The molecule has 3 amide bonds. The SMILES string of the molecule is Cc1nc(-c2ncn(C3CCCCO3)n2)ccc1-c1cnc2c(n1)N(CCCCCCN1C(=O)c3ccccc3C1=O)C(=O)CN2. The summed E-state index contributed by atoms with van der Waals surface area (Å²) in [4.78, 5) is 59.8. The van der Waals surface area contributed by atoms with Crippen molar-refractivity contribution in [3.63, 3.8) is 0 Å². The van der Waals surface area contributed by atoms with Gasteiger partial charge < -0.3 is 10.1 Å². The number of aryl methyl sites for hydroxylation is 1. The molecular weight excluding hydrogens is 586 g/mol. The lowest BCUT2D eigenvalue weighted by Crippen LogP contribution is -2.41. The van der Waals surface area contributed by atoms with Crippen molar-refractivity contribution in [3.05, 3.63) is 65.7 Å². The molecular formula is C33H35N9O4. The van der Waals surface area contributed by atoms with E-state index in [1.54, 1.807) is 46.4 Å². The summed E-state index contributed by atoms with van der Waals surface area (Å²) in [6, 6.07) is 10.7. The lowest BCUT2D eigenvalue weighted by Gasteiger charge is -2.28. The van der Waals surface area contributed by atoms with E-state index in [4.69, 9.17) is 14.7 Å². The number of fused-ring (bicyclic) bond motifs is 2. The Hall–Kier alpha value is -5.04. The number of aromatic nitrogens is 6. The first kappa shape index (κ1) is 29.7. The molecule has 6 heterocycles. The summed E-state index contributed by atoms with van der Waals surface area (Å²) in [5, 5.41) is 7.69. The molecule has 46 heavy (non-hydrogen) atoms. The molecule has 3 aliphatic heterocycles. The quantitative estimate of drug-likeness (QED) is 0.199. The van der Waals surface area contributed by atoms with Crippen LogP contribution in [0.15, 0.2) is 48.9 Å². The van der Waals surface area contributed by atoms with Crippen molar-refractivity contribution in [2.75, 3.05) is 36.5 Å². The normalized spacial score (nSPS) is 17.7. The number of pyridine rings is 1. The van der Waals surface area contributed by atoms with E-state index in [9.17, 15) is 14.4 Å². The first-order valence-electron chi connectivity index (χ1n) is 15.9. The van der Waals surface area contributed by atoms with Crippen LogP contribution in [0.5, 0.6) is 0 Å². The van der Waals surface area contributed by atoms with Gasteiger partial charge in [0.1, 0.15) is 12.0 Å². The summed E-state index contributed by atoms with van der Waals surface area (Å²) in [6.07, 6.45) is 9.49. The molecule has 13 heteroatoms. The van der Waals surface area contributed by atoms with Crippen molar-refractivity contribution >= 4 is 29.4 Å². The van der Waals surface area contributed by atoms with Crippen LogP contribution in [0, 0.1) is 6.92 Å². The van der Waals surface area contributed by atoms with E-state index in [2.05, 4.69) is 20.4 Å². The summed E-state index contributed by atoms with van der Waals surface area (Å²) in [5.41, 5.74) is 3.77. The van der Waals surface area contributed by atoms with Crippen molar-refractivity contribution in [2.45, 2.75) is 58.1 Å². The van der Waals surface area contributed by atoms with E-state index < -0.39 is 0 Å². The van der Waals surface area contributed by atoms with Crippen molar-refractivity contribution in [1.29, 1.82) is 0 Å². The number of rotatable bonds is 10. The minimum Gasteiger partial charge on any atom is -0.358 e. The Morgan fingerprint density at radius 2 is 1.61 bits per heavy atom. The number of ether oxygens (including phenoxy) is 1. The van der Waals surface area contributed by atoms with Crippen LogP contribution in [0.4, 0.5) is 11.6 Å². The van der Waals surface area contributed by atoms with Gasteiger partial charge in [0.2, 0.25) is 5.91 Å². The predicted octanol–water partition coefficient (Wildman–Crippen LogP) is 4.42. The number of nitrogens with zero attached hydrogens (tertiary/aromatic N) is 8. The number of anilines is 2. The zero-order chi connectivity index (χ0) is 31.6. The van der Waals surface area contributed by atoms with E-state index in [1.807, 2.05) is 19.1 Å². The number of carbonyl (C=O) groups excluding carboxylic acids is 3. The molecule has 13 nitrogen and oxygen atoms in total. The van der Waals surface area contributed by atoms with Crippen molar-refractivity contribution in [2.24, 2.45) is 0 Å². The zero-order valence-electron chi connectivity index (χ0n) is 25.7. The molecule has 4 aromatic rings. The highest BCUT2D eigenvalue weighted by Gasteiger charge is 2.34. The van der Waals surface area contributed by atoms with Crippen LogP contribution in [0.1, 0.15) is 77.6 Å². The molecule has 0 saturated carbocycles. The molecule has 1 aromatic carbocycles. The maximum Gasteiger partial charge on any atom is 0.261 e. The summed E-state index contributed by atoms with van der Waals surface area (Å²) < 4.78 is 7.59. The average molecular weight is 622 g/mol. The highest BCUT2D eigenvalue weighted by molar-refractivity contribution is 6.21. The highest BCUT2D eigenvalue weighted by Crippen LogP contribution is 2.31. The smallest absolute Gasteiger partial charge is 0.261 e. The van der Waals surface area contributed by atoms with Gasteiger partial charge in [0.05, 0.1) is 29.6 Å². The van der Waals surface area contributed by atoms with E-state index in [1.165, 1.54) is 4.90 Å². The number of hydrogen-bond acceptors (Lipinski definition) is 10. The number of hydrogen-bond donors (Lipinski definition) is 1. The third-order valence-corrected chi connectivity index (χ3v) is 8.66. The van der Waals surface area contributed by atoms with E-state index in [0.717, 1.165) is 56.4 Å². The standard InChI is InChI=1S/C33H35N9O4/c1-21-22(13-14-25(37-21)29-36-20-42(39-29)28-12-6-9-17-46-28)26-18-34-30-31(38-26)40(27(43)19-35-30)15-7-2-3-8-16-41-32(44)23-10-4-5-11-24(23)33(41)45/h4-5,10-11,13-14,18,20,28H,2-3,6-9,12,15-17,19H2,1H3,(H,34,35). The Bertz CT molecular complexity index is 1760. The second-order valence-electron chi connectivity index (χ2n) is 11.7. The Kier molecular flexibility index (Phi) is 8.22. The first-order valence-corrected chi connectivity index (χ1v) is 15.9. The second kappa shape index (κ2) is 12.8. The van der Waals surface area contributed by atoms with Gasteiger partial charge in [-0.3, -0.25) is 24.2 Å². The van der Waals surface area contributed by atoms with Gasteiger partial charge in [-0.2, -0.15) is 0 Å². The fraction of sp³-hybridized carbons (Fsp3) is 0.394. The lowest BCUT2D eigenvalue weighted by atomic mass is 10.1. The van der Waals surface area contributed by atoms with Gasteiger partial charge in [-0.15, -0.1) is 5.10 Å². The molecule has 0 radical (unpaired) electrons. The fourth-order valence-electron chi connectivity index (χ4n) is 6.18. The highest BCUT2D eigenvalue weighted by atomic mass is 16.5. The number of imide groups is 1. The third kappa shape index (κ3) is 5.73. The monoisotopic (exact) mass is 621 g/mol. The van der Waals surface area contributed by atoms with E-state index in [0.29, 0.717) is 59.5 Å². The van der Waals surface area contributed by atoms with Crippen molar-refractivity contribution < 1.29 is 19.1 Å². The van der Waals surface area contributed by atoms with Crippen LogP contribution in [0.3, 0.4) is 0 Å². The van der Waals surface area contributed by atoms with E-state index in [-0.39, 0.29) is 30.5 Å². The van der Waals surface area contributed by atoms with Crippen LogP contribution in [0.2, 0.25) is 0 Å². The topological polar surface area (TPSA) is 148 Å². The van der Waals surface area contributed by atoms with Crippen LogP contribution in [0.25, 0.3) is 22.8 Å². The molecule has 3 aromatic heterocycles. The summed E-state index contributed by atoms with van der Waals surface area (Å²) in [6.45, 7) is 3.67. The maximum atomic E-state index is 12.9. The van der Waals surface area contributed by atoms with Crippen LogP contribution in [-0.4, -0.2) is 78.6 Å². The number of carbonyl (C=O) groups is 3. The Labute approximate surface area is 266 Å². The first-order chi connectivity index (χ1) is 22.5. The van der Waals surface area contributed by atoms with Gasteiger partial charge in [0.15, 0.2) is 23.7 Å². The van der Waals surface area contributed by atoms with Gasteiger partial charge in [-0.05, 0) is 63.3 Å². The molecule has 0 bridgehead atoms. The second-order valence-corrected chi connectivity index (χ2v) is 11.7. The van der Waals surface area contributed by atoms with Crippen molar-refractivity contribution in [1.82, 2.24) is 34.6 Å². The van der Waals surface area contributed by atoms with Gasteiger partial charge in [0.25, 0.3) is 11.8 Å². The fourth-order valence-corrected chi connectivity index (χ4v) is 6.18. The molecule has 1 atom stereocenters. The van der Waals surface area contributed by atoms with Crippen LogP contribution >= 0.6 is 0 Å². The number of amides is 3. The molecule has 1 fully saturated rings. The Morgan fingerprint density at radius 1 is 0.848 bits per heavy atom. The Balaban J connectivity index is 0.976. The third-order valence-electron chi connectivity index (χ3n) is 8.66. The lowest BCUT2D eigenvalue weighted by molar-refractivity contribution is -0.117. The van der Waals surface area contributed by atoms with Gasteiger partial charge in [-0.25, -0.2) is 24.6 Å². The minimum atomic E-state index is -0.227. The summed E-state index contributed by atoms with van der Waals surface area (Å²) in [5.74, 6) is 1.07. The molecule has 0 aliphatic carbocycles. The molecule has 1 unspecified atom stereocenters. The minimum absolute atomic E-state index is 0.0706. The maximum absolute atomic E-state index is 12.9. The van der Waals surface area contributed by atoms with Gasteiger partial charge in [0, 0.05) is 31.0 Å². The van der Waals surface area contributed by atoms with Gasteiger partial charge >= 0.3 is 0 Å².